The van der Waals surface area contributed by atoms with Gasteiger partial charge in [-0.3, -0.25) is 10.1 Å². The molecule has 2 aromatic rings. The Hall–Kier alpha value is -2.29. The first-order valence-corrected chi connectivity index (χ1v) is 9.64. The molecule has 0 aromatic carbocycles. The van der Waals surface area contributed by atoms with Crippen LogP contribution in [-0.2, 0) is 11.8 Å². The fourth-order valence-electron chi connectivity index (χ4n) is 2.93. The van der Waals surface area contributed by atoms with Gasteiger partial charge in [0.25, 0.3) is 0 Å². The number of carbonyl (C=O) groups excluding carboxylic acids is 2. The molecule has 3 rings (SSSR count). The van der Waals surface area contributed by atoms with Crippen molar-refractivity contribution < 1.29 is 14.0 Å². The third-order valence-corrected chi connectivity index (χ3v) is 5.54. The molecule has 140 valence electrons. The number of carbonyl (C=O) groups is 2. The van der Waals surface area contributed by atoms with E-state index >= 15 is 0 Å². The molecule has 2 aromatic heterocycles. The Labute approximate surface area is 156 Å². The zero-order valence-electron chi connectivity index (χ0n) is 14.9. The second kappa shape index (κ2) is 8.39. The van der Waals surface area contributed by atoms with Crippen molar-refractivity contribution in [3.8, 4) is 11.6 Å². The van der Waals surface area contributed by atoms with Gasteiger partial charge in [0.1, 0.15) is 0 Å². The minimum absolute atomic E-state index is 0.161. The van der Waals surface area contributed by atoms with E-state index in [9.17, 15) is 9.59 Å². The SMILES string of the molecule is CC(Sc1nnc(-c2ccco2)n1C)C(=O)NC(=O)NC1CCCCC1. The van der Waals surface area contributed by atoms with Gasteiger partial charge in [-0.2, -0.15) is 0 Å². The molecular weight excluding hydrogens is 354 g/mol. The molecule has 3 amide bonds. The lowest BCUT2D eigenvalue weighted by Crippen LogP contribution is -2.47. The van der Waals surface area contributed by atoms with Crippen molar-refractivity contribution in [2.24, 2.45) is 7.05 Å². The van der Waals surface area contributed by atoms with Crippen molar-refractivity contribution in [3.05, 3.63) is 18.4 Å². The van der Waals surface area contributed by atoms with E-state index in [1.165, 1.54) is 18.2 Å². The van der Waals surface area contributed by atoms with Crippen LogP contribution in [0, 0.1) is 0 Å². The van der Waals surface area contributed by atoms with Gasteiger partial charge in [-0.25, -0.2) is 4.79 Å². The van der Waals surface area contributed by atoms with Crippen LogP contribution < -0.4 is 10.6 Å². The lowest BCUT2D eigenvalue weighted by Gasteiger charge is -2.23. The fourth-order valence-corrected chi connectivity index (χ4v) is 3.75. The number of hydrogen-bond acceptors (Lipinski definition) is 6. The molecular formula is C17H23N5O3S. The predicted octanol–water partition coefficient (Wildman–Crippen LogP) is 2.71. The molecule has 8 nitrogen and oxygen atoms in total. The monoisotopic (exact) mass is 377 g/mol. The Morgan fingerprint density at radius 3 is 2.77 bits per heavy atom. The van der Waals surface area contributed by atoms with Gasteiger partial charge in [-0.1, -0.05) is 31.0 Å². The summed E-state index contributed by atoms with van der Waals surface area (Å²) < 4.78 is 7.09. The number of furan rings is 1. The Balaban J connectivity index is 1.53. The third kappa shape index (κ3) is 4.46. The number of amides is 3. The third-order valence-electron chi connectivity index (χ3n) is 4.40. The van der Waals surface area contributed by atoms with E-state index in [-0.39, 0.29) is 11.9 Å². The lowest BCUT2D eigenvalue weighted by atomic mass is 9.96. The van der Waals surface area contributed by atoms with Gasteiger partial charge in [0, 0.05) is 13.1 Å². The summed E-state index contributed by atoms with van der Waals surface area (Å²) in [7, 11) is 1.81. The molecule has 26 heavy (non-hydrogen) atoms. The quantitative estimate of drug-likeness (QED) is 0.777. The summed E-state index contributed by atoms with van der Waals surface area (Å²) in [5, 5.41) is 13.6. The van der Waals surface area contributed by atoms with Gasteiger partial charge in [0.15, 0.2) is 16.7 Å². The summed E-state index contributed by atoms with van der Waals surface area (Å²) in [6.07, 6.45) is 6.97. The van der Waals surface area contributed by atoms with Crippen LogP contribution in [-0.4, -0.2) is 38.0 Å². The molecule has 0 aliphatic heterocycles. The predicted molar refractivity (Wildman–Crippen MR) is 97.6 cm³/mol. The first-order valence-electron chi connectivity index (χ1n) is 8.76. The minimum Gasteiger partial charge on any atom is -0.461 e. The highest BCUT2D eigenvalue weighted by molar-refractivity contribution is 8.00. The molecule has 1 unspecified atom stereocenters. The molecule has 1 atom stereocenters. The zero-order chi connectivity index (χ0) is 18.5. The normalized spacial score (nSPS) is 16.2. The smallest absolute Gasteiger partial charge is 0.321 e. The molecule has 2 N–H and O–H groups in total. The van der Waals surface area contributed by atoms with E-state index in [0.29, 0.717) is 16.7 Å². The maximum Gasteiger partial charge on any atom is 0.321 e. The zero-order valence-corrected chi connectivity index (χ0v) is 15.7. The number of imide groups is 1. The van der Waals surface area contributed by atoms with Crippen molar-refractivity contribution in [1.82, 2.24) is 25.4 Å². The van der Waals surface area contributed by atoms with E-state index in [1.807, 2.05) is 0 Å². The summed E-state index contributed by atoms with van der Waals surface area (Å²) in [4.78, 5) is 24.3. The van der Waals surface area contributed by atoms with Crippen molar-refractivity contribution >= 4 is 23.7 Å². The van der Waals surface area contributed by atoms with Crippen molar-refractivity contribution in [2.45, 2.75) is 55.5 Å². The maximum absolute atomic E-state index is 12.3. The van der Waals surface area contributed by atoms with Crippen molar-refractivity contribution in [3.63, 3.8) is 0 Å². The standard InChI is InChI=1S/C17H23N5O3S/c1-11(15(23)19-16(24)18-12-7-4-3-5-8-12)26-17-21-20-14(22(17)2)13-9-6-10-25-13/h6,9-12H,3-5,7-8H2,1-2H3,(H2,18,19,23,24). The Kier molecular flexibility index (Phi) is 5.97. The highest BCUT2D eigenvalue weighted by Crippen LogP contribution is 2.25. The number of aromatic nitrogens is 3. The summed E-state index contributed by atoms with van der Waals surface area (Å²) >= 11 is 1.24. The van der Waals surface area contributed by atoms with Crippen LogP contribution in [0.2, 0.25) is 0 Å². The number of nitrogens with zero attached hydrogens (tertiary/aromatic N) is 3. The van der Waals surface area contributed by atoms with Gasteiger partial charge in [0.2, 0.25) is 5.91 Å². The van der Waals surface area contributed by atoms with Gasteiger partial charge in [-0.15, -0.1) is 10.2 Å². The number of rotatable bonds is 5. The molecule has 1 fully saturated rings. The van der Waals surface area contributed by atoms with Gasteiger partial charge in [0.05, 0.1) is 11.5 Å². The highest BCUT2D eigenvalue weighted by Gasteiger charge is 2.23. The molecule has 0 spiro atoms. The van der Waals surface area contributed by atoms with Crippen molar-refractivity contribution in [2.75, 3.05) is 0 Å². The van der Waals surface area contributed by atoms with E-state index in [1.54, 1.807) is 36.9 Å². The van der Waals surface area contributed by atoms with E-state index in [4.69, 9.17) is 4.42 Å². The number of thioether (sulfide) groups is 1. The largest absolute Gasteiger partial charge is 0.461 e. The molecule has 0 radical (unpaired) electrons. The first-order chi connectivity index (χ1) is 12.5. The van der Waals surface area contributed by atoms with Gasteiger partial charge >= 0.3 is 6.03 Å². The fraction of sp³-hybridized carbons (Fsp3) is 0.529. The average Bonchev–Trinajstić information content (AvgIpc) is 3.26. The summed E-state index contributed by atoms with van der Waals surface area (Å²) in [5.74, 6) is 0.835. The molecule has 0 saturated heterocycles. The van der Waals surface area contributed by atoms with Crippen LogP contribution in [0.1, 0.15) is 39.0 Å². The van der Waals surface area contributed by atoms with E-state index < -0.39 is 11.3 Å². The van der Waals surface area contributed by atoms with Crippen LogP contribution in [0.5, 0.6) is 0 Å². The highest BCUT2D eigenvalue weighted by atomic mass is 32.2. The molecule has 2 heterocycles. The second-order valence-electron chi connectivity index (χ2n) is 6.40. The summed E-state index contributed by atoms with van der Waals surface area (Å²) in [5.41, 5.74) is 0. The van der Waals surface area contributed by atoms with Gasteiger partial charge in [-0.05, 0) is 31.9 Å². The number of hydrogen-bond donors (Lipinski definition) is 2. The Morgan fingerprint density at radius 1 is 1.31 bits per heavy atom. The molecule has 9 heteroatoms. The number of nitrogens with one attached hydrogen (secondary N) is 2. The van der Waals surface area contributed by atoms with E-state index in [2.05, 4.69) is 20.8 Å². The van der Waals surface area contributed by atoms with Crippen LogP contribution >= 0.6 is 11.8 Å². The van der Waals surface area contributed by atoms with Crippen LogP contribution in [0.3, 0.4) is 0 Å². The molecule has 1 saturated carbocycles. The average molecular weight is 377 g/mol. The molecule has 0 bridgehead atoms. The van der Waals surface area contributed by atoms with Crippen LogP contribution in [0.4, 0.5) is 4.79 Å². The Bertz CT molecular complexity index is 753. The van der Waals surface area contributed by atoms with E-state index in [0.717, 1.165) is 25.7 Å². The molecule has 1 aliphatic rings. The van der Waals surface area contributed by atoms with Crippen LogP contribution in [0.25, 0.3) is 11.6 Å². The topological polar surface area (TPSA) is 102 Å². The minimum atomic E-state index is -0.487. The number of urea groups is 1. The molecule has 1 aliphatic carbocycles. The summed E-state index contributed by atoms with van der Waals surface area (Å²) in [6.45, 7) is 1.73. The lowest BCUT2D eigenvalue weighted by molar-refractivity contribution is -0.119. The second-order valence-corrected chi connectivity index (χ2v) is 7.71. The van der Waals surface area contributed by atoms with Crippen LogP contribution in [0.15, 0.2) is 28.0 Å². The first kappa shape index (κ1) is 18.5. The summed E-state index contributed by atoms with van der Waals surface area (Å²) in [6, 6.07) is 3.31. The van der Waals surface area contributed by atoms with Gasteiger partial charge < -0.3 is 14.3 Å². The van der Waals surface area contributed by atoms with Crippen molar-refractivity contribution in [1.29, 1.82) is 0 Å². The maximum atomic E-state index is 12.3. The Morgan fingerprint density at radius 2 is 2.08 bits per heavy atom.